The minimum Gasteiger partial charge on any atom is -0.494 e. The summed E-state index contributed by atoms with van der Waals surface area (Å²) in [6.07, 6.45) is -0.0847. The van der Waals surface area contributed by atoms with E-state index in [1.165, 1.54) is 0 Å². The van der Waals surface area contributed by atoms with Crippen molar-refractivity contribution < 1.29 is 14.6 Å². The minimum absolute atomic E-state index is 0.0338. The van der Waals surface area contributed by atoms with Crippen molar-refractivity contribution >= 4 is 5.97 Å². The Morgan fingerprint density at radius 3 is 2.33 bits per heavy atom. The van der Waals surface area contributed by atoms with Crippen LogP contribution in [0, 0.1) is 5.92 Å². The summed E-state index contributed by atoms with van der Waals surface area (Å²) in [5.41, 5.74) is 6.24. The van der Waals surface area contributed by atoms with Gasteiger partial charge in [0.25, 0.3) is 0 Å². The number of carboxylic acid groups (broad SMARTS) is 1. The monoisotopic (exact) mass is 251 g/mol. The third kappa shape index (κ3) is 3.23. The highest BCUT2D eigenvalue weighted by atomic mass is 16.5. The molecule has 0 heterocycles. The number of nitrogens with two attached hydrogens (primary N) is 1. The Labute approximate surface area is 108 Å². The van der Waals surface area contributed by atoms with Gasteiger partial charge in [-0.25, -0.2) is 0 Å². The maximum Gasteiger partial charge on any atom is 0.305 e. The predicted octanol–water partition coefficient (Wildman–Crippen LogP) is 2.37. The maximum atomic E-state index is 11.0. The molecule has 0 aliphatic heterocycles. The SMILES string of the molecule is CCOc1ccc(C(N)(CC(=O)O)C(C)C)cc1. The van der Waals surface area contributed by atoms with E-state index in [2.05, 4.69) is 0 Å². The van der Waals surface area contributed by atoms with Crippen molar-refractivity contribution in [1.29, 1.82) is 0 Å². The van der Waals surface area contributed by atoms with E-state index in [-0.39, 0.29) is 12.3 Å². The average molecular weight is 251 g/mol. The van der Waals surface area contributed by atoms with Gasteiger partial charge in [-0.3, -0.25) is 4.79 Å². The first-order chi connectivity index (χ1) is 8.40. The van der Waals surface area contributed by atoms with E-state index in [1.54, 1.807) is 0 Å². The highest BCUT2D eigenvalue weighted by molar-refractivity contribution is 5.69. The predicted molar refractivity (Wildman–Crippen MR) is 70.6 cm³/mol. The fourth-order valence-corrected chi connectivity index (χ4v) is 1.92. The zero-order valence-corrected chi connectivity index (χ0v) is 11.1. The van der Waals surface area contributed by atoms with Crippen LogP contribution in [0.1, 0.15) is 32.8 Å². The number of rotatable bonds is 6. The zero-order chi connectivity index (χ0) is 13.8. The van der Waals surface area contributed by atoms with Gasteiger partial charge < -0.3 is 15.6 Å². The first-order valence-electron chi connectivity index (χ1n) is 6.14. The van der Waals surface area contributed by atoms with E-state index >= 15 is 0 Å². The second kappa shape index (κ2) is 5.87. The first kappa shape index (κ1) is 14.5. The van der Waals surface area contributed by atoms with Gasteiger partial charge in [0.2, 0.25) is 0 Å². The molecule has 3 N–H and O–H groups in total. The van der Waals surface area contributed by atoms with Crippen molar-refractivity contribution in [2.24, 2.45) is 11.7 Å². The molecular weight excluding hydrogens is 230 g/mol. The lowest BCUT2D eigenvalue weighted by molar-refractivity contribution is -0.139. The van der Waals surface area contributed by atoms with Gasteiger partial charge in [-0.05, 0) is 30.5 Å². The minimum atomic E-state index is -0.889. The summed E-state index contributed by atoms with van der Waals surface area (Å²) in [4.78, 5) is 11.0. The largest absolute Gasteiger partial charge is 0.494 e. The number of aliphatic carboxylic acids is 1. The number of hydrogen-bond acceptors (Lipinski definition) is 3. The molecule has 0 amide bonds. The Morgan fingerprint density at radius 2 is 1.94 bits per heavy atom. The van der Waals surface area contributed by atoms with Crippen LogP contribution in [0.5, 0.6) is 5.75 Å². The molecule has 1 atom stereocenters. The standard InChI is InChI=1S/C14H21NO3/c1-4-18-12-7-5-11(6-8-12)14(15,10(2)3)9-13(16)17/h5-8,10H,4,9,15H2,1-3H3,(H,16,17). The maximum absolute atomic E-state index is 11.0. The van der Waals surface area contributed by atoms with Crippen molar-refractivity contribution in [2.75, 3.05) is 6.61 Å². The fourth-order valence-electron chi connectivity index (χ4n) is 1.92. The van der Waals surface area contributed by atoms with Crippen LogP contribution in [0.3, 0.4) is 0 Å². The Morgan fingerprint density at radius 1 is 1.39 bits per heavy atom. The van der Waals surface area contributed by atoms with Crippen LogP contribution in [0.25, 0.3) is 0 Å². The van der Waals surface area contributed by atoms with Crippen LogP contribution in [-0.4, -0.2) is 17.7 Å². The van der Waals surface area contributed by atoms with Gasteiger partial charge >= 0.3 is 5.97 Å². The number of benzene rings is 1. The molecule has 1 aromatic carbocycles. The first-order valence-corrected chi connectivity index (χ1v) is 6.14. The smallest absolute Gasteiger partial charge is 0.305 e. The molecule has 0 radical (unpaired) electrons. The van der Waals surface area contributed by atoms with Crippen LogP contribution >= 0.6 is 0 Å². The summed E-state index contributed by atoms with van der Waals surface area (Å²) < 4.78 is 5.36. The van der Waals surface area contributed by atoms with Gasteiger partial charge in [-0.1, -0.05) is 26.0 Å². The van der Waals surface area contributed by atoms with Crippen molar-refractivity contribution in [1.82, 2.24) is 0 Å². The summed E-state index contributed by atoms with van der Waals surface area (Å²) in [5, 5.41) is 8.99. The van der Waals surface area contributed by atoms with E-state index in [9.17, 15) is 4.79 Å². The Hall–Kier alpha value is -1.55. The second-order valence-corrected chi connectivity index (χ2v) is 4.72. The van der Waals surface area contributed by atoms with E-state index in [4.69, 9.17) is 15.6 Å². The molecule has 0 aliphatic rings. The van der Waals surface area contributed by atoms with E-state index in [0.29, 0.717) is 6.61 Å². The molecule has 4 heteroatoms. The lowest BCUT2D eigenvalue weighted by Gasteiger charge is -2.32. The molecule has 4 nitrogen and oxygen atoms in total. The van der Waals surface area contributed by atoms with E-state index in [0.717, 1.165) is 11.3 Å². The van der Waals surface area contributed by atoms with Crippen molar-refractivity contribution in [3.05, 3.63) is 29.8 Å². The summed E-state index contributed by atoms with van der Waals surface area (Å²) >= 11 is 0. The highest BCUT2D eigenvalue weighted by Gasteiger charge is 2.33. The normalized spacial score (nSPS) is 14.3. The number of ether oxygens (including phenoxy) is 1. The van der Waals surface area contributed by atoms with Gasteiger partial charge in [-0.2, -0.15) is 0 Å². The number of hydrogen-bond donors (Lipinski definition) is 2. The van der Waals surface area contributed by atoms with E-state index in [1.807, 2.05) is 45.0 Å². The average Bonchev–Trinajstić information content (AvgIpc) is 2.29. The highest BCUT2D eigenvalue weighted by Crippen LogP contribution is 2.31. The summed E-state index contributed by atoms with van der Waals surface area (Å²) in [6.45, 7) is 6.38. The quantitative estimate of drug-likeness (QED) is 0.814. The molecule has 0 fully saturated rings. The summed E-state index contributed by atoms with van der Waals surface area (Å²) in [5.74, 6) is -0.0886. The molecule has 0 aliphatic carbocycles. The molecular formula is C14H21NO3. The molecule has 1 aromatic rings. The molecule has 0 bridgehead atoms. The Kier molecular flexibility index (Phi) is 4.73. The fraction of sp³-hybridized carbons (Fsp3) is 0.500. The second-order valence-electron chi connectivity index (χ2n) is 4.72. The topological polar surface area (TPSA) is 72.5 Å². The number of carbonyl (C=O) groups is 1. The van der Waals surface area contributed by atoms with Gasteiger partial charge in [0.05, 0.1) is 18.6 Å². The molecule has 0 spiro atoms. The zero-order valence-electron chi connectivity index (χ0n) is 11.1. The summed E-state index contributed by atoms with van der Waals surface area (Å²) in [7, 11) is 0. The van der Waals surface area contributed by atoms with Crippen molar-refractivity contribution in [3.8, 4) is 5.75 Å². The van der Waals surface area contributed by atoms with E-state index < -0.39 is 11.5 Å². The molecule has 0 aromatic heterocycles. The van der Waals surface area contributed by atoms with Crippen molar-refractivity contribution in [3.63, 3.8) is 0 Å². The van der Waals surface area contributed by atoms with Crippen molar-refractivity contribution in [2.45, 2.75) is 32.7 Å². The summed E-state index contributed by atoms with van der Waals surface area (Å²) in [6, 6.07) is 7.33. The molecule has 100 valence electrons. The van der Waals surface area contributed by atoms with Crippen LogP contribution in [0.15, 0.2) is 24.3 Å². The van der Waals surface area contributed by atoms with Crippen LogP contribution in [0.4, 0.5) is 0 Å². The Balaban J connectivity index is 3.02. The lowest BCUT2D eigenvalue weighted by atomic mass is 9.78. The number of carboxylic acids is 1. The van der Waals surface area contributed by atoms with Gasteiger partial charge in [0.15, 0.2) is 0 Å². The van der Waals surface area contributed by atoms with Gasteiger partial charge in [0.1, 0.15) is 5.75 Å². The lowest BCUT2D eigenvalue weighted by Crippen LogP contribution is -2.43. The molecule has 18 heavy (non-hydrogen) atoms. The van der Waals surface area contributed by atoms with Crippen LogP contribution in [-0.2, 0) is 10.3 Å². The third-order valence-corrected chi connectivity index (χ3v) is 3.18. The molecule has 1 unspecified atom stereocenters. The Bertz CT molecular complexity index is 400. The third-order valence-electron chi connectivity index (χ3n) is 3.18. The molecule has 0 saturated carbocycles. The van der Waals surface area contributed by atoms with Gasteiger partial charge in [0, 0.05) is 0 Å². The van der Waals surface area contributed by atoms with Gasteiger partial charge in [-0.15, -0.1) is 0 Å². The molecule has 1 rings (SSSR count). The van der Waals surface area contributed by atoms with Crippen LogP contribution in [0.2, 0.25) is 0 Å². The molecule has 0 saturated heterocycles. The van der Waals surface area contributed by atoms with Crippen LogP contribution < -0.4 is 10.5 Å².